The van der Waals surface area contributed by atoms with Gasteiger partial charge >= 0.3 is 0 Å². The third kappa shape index (κ3) is 3.20. The van der Waals surface area contributed by atoms with E-state index < -0.39 is 0 Å². The van der Waals surface area contributed by atoms with Crippen molar-refractivity contribution in [3.05, 3.63) is 12.2 Å². The van der Waals surface area contributed by atoms with Crippen LogP contribution in [-0.4, -0.2) is 24.5 Å². The maximum atomic E-state index is 8.48. The van der Waals surface area contributed by atoms with E-state index in [1.54, 1.807) is 0 Å². The molecular formula is C11H18N2. The number of piperidine rings is 1. The van der Waals surface area contributed by atoms with Crippen LogP contribution in [0.2, 0.25) is 0 Å². The molecule has 2 heteroatoms. The van der Waals surface area contributed by atoms with Crippen LogP contribution in [0.1, 0.15) is 26.2 Å². The van der Waals surface area contributed by atoms with E-state index >= 15 is 0 Å². The zero-order chi connectivity index (χ0) is 9.68. The summed E-state index contributed by atoms with van der Waals surface area (Å²) in [6.45, 7) is 9.31. The smallest absolute Gasteiger partial charge is 0.0635 e. The number of nitrogens with zero attached hydrogens (tertiary/aromatic N) is 2. The number of hydrogen-bond acceptors (Lipinski definition) is 2. The van der Waals surface area contributed by atoms with Gasteiger partial charge in [-0.25, -0.2) is 0 Å². The van der Waals surface area contributed by atoms with E-state index in [4.69, 9.17) is 5.26 Å². The molecule has 0 aliphatic carbocycles. The van der Waals surface area contributed by atoms with E-state index in [9.17, 15) is 0 Å². The van der Waals surface area contributed by atoms with Crippen LogP contribution in [0.4, 0.5) is 0 Å². The Kier molecular flexibility index (Phi) is 3.98. The van der Waals surface area contributed by atoms with Crippen molar-refractivity contribution in [1.29, 1.82) is 5.26 Å². The van der Waals surface area contributed by atoms with Gasteiger partial charge in [0.25, 0.3) is 0 Å². The van der Waals surface area contributed by atoms with Crippen molar-refractivity contribution in [1.82, 2.24) is 4.90 Å². The highest BCUT2D eigenvalue weighted by molar-refractivity contribution is 4.99. The minimum absolute atomic E-state index is 0.656. The van der Waals surface area contributed by atoms with Gasteiger partial charge in [0.05, 0.1) is 6.07 Å². The molecule has 0 aromatic rings. The van der Waals surface area contributed by atoms with Crippen LogP contribution in [0, 0.1) is 17.2 Å². The molecule has 1 aliphatic rings. The molecule has 1 aliphatic heterocycles. The molecule has 1 atom stereocenters. The van der Waals surface area contributed by atoms with Gasteiger partial charge in [-0.1, -0.05) is 12.2 Å². The minimum Gasteiger partial charge on any atom is -0.302 e. The zero-order valence-electron chi connectivity index (χ0n) is 8.42. The average Bonchev–Trinajstić information content (AvgIpc) is 2.15. The quantitative estimate of drug-likeness (QED) is 0.619. The van der Waals surface area contributed by atoms with E-state index in [2.05, 4.69) is 24.5 Å². The Morgan fingerprint density at radius 2 is 2.46 bits per heavy atom. The molecule has 0 unspecified atom stereocenters. The lowest BCUT2D eigenvalue weighted by molar-refractivity contribution is 0.195. The Balaban J connectivity index is 2.34. The first kappa shape index (κ1) is 10.3. The zero-order valence-corrected chi connectivity index (χ0v) is 8.42. The summed E-state index contributed by atoms with van der Waals surface area (Å²) in [6, 6.07) is 2.19. The van der Waals surface area contributed by atoms with Gasteiger partial charge in [-0.05, 0) is 32.2 Å². The van der Waals surface area contributed by atoms with Crippen molar-refractivity contribution in [2.75, 3.05) is 19.6 Å². The SMILES string of the molecule is C=C(C)[C@H]1CCCN(CCC#N)C1. The van der Waals surface area contributed by atoms with Crippen LogP contribution in [0.3, 0.4) is 0 Å². The van der Waals surface area contributed by atoms with Crippen LogP contribution in [0.15, 0.2) is 12.2 Å². The molecular weight excluding hydrogens is 160 g/mol. The van der Waals surface area contributed by atoms with Crippen molar-refractivity contribution in [2.24, 2.45) is 5.92 Å². The Morgan fingerprint density at radius 1 is 1.69 bits per heavy atom. The monoisotopic (exact) mass is 178 g/mol. The van der Waals surface area contributed by atoms with Crippen molar-refractivity contribution in [2.45, 2.75) is 26.2 Å². The van der Waals surface area contributed by atoms with E-state index in [-0.39, 0.29) is 0 Å². The van der Waals surface area contributed by atoms with Crippen molar-refractivity contribution >= 4 is 0 Å². The molecule has 2 nitrogen and oxygen atoms in total. The first-order chi connectivity index (χ1) is 6.24. The van der Waals surface area contributed by atoms with Gasteiger partial charge in [-0.15, -0.1) is 0 Å². The van der Waals surface area contributed by atoms with Crippen molar-refractivity contribution < 1.29 is 0 Å². The standard InChI is InChI=1S/C11H18N2/c1-10(2)11-5-3-7-13(9-11)8-4-6-12/h11H,1,3-5,7-9H2,2H3/t11-/m0/s1. The summed E-state index contributed by atoms with van der Waals surface area (Å²) >= 11 is 0. The average molecular weight is 178 g/mol. The fourth-order valence-corrected chi connectivity index (χ4v) is 1.87. The Bertz CT molecular complexity index is 215. The van der Waals surface area contributed by atoms with Gasteiger partial charge in [0.2, 0.25) is 0 Å². The predicted octanol–water partition coefficient (Wildman–Crippen LogP) is 2.19. The second-order valence-corrected chi connectivity index (χ2v) is 3.89. The minimum atomic E-state index is 0.656. The molecule has 1 saturated heterocycles. The van der Waals surface area contributed by atoms with Gasteiger partial charge < -0.3 is 4.90 Å². The topological polar surface area (TPSA) is 27.0 Å². The van der Waals surface area contributed by atoms with Gasteiger partial charge in [0.1, 0.15) is 0 Å². The Hall–Kier alpha value is -0.810. The number of likely N-dealkylation sites (tertiary alicyclic amines) is 1. The molecule has 0 N–H and O–H groups in total. The van der Waals surface area contributed by atoms with Gasteiger partial charge in [-0.3, -0.25) is 0 Å². The summed E-state index contributed by atoms with van der Waals surface area (Å²) in [7, 11) is 0. The van der Waals surface area contributed by atoms with Crippen molar-refractivity contribution in [3.63, 3.8) is 0 Å². The third-order valence-corrected chi connectivity index (χ3v) is 2.74. The molecule has 1 heterocycles. The number of hydrogen-bond donors (Lipinski definition) is 0. The second-order valence-electron chi connectivity index (χ2n) is 3.89. The first-order valence-electron chi connectivity index (χ1n) is 4.98. The van der Waals surface area contributed by atoms with Crippen LogP contribution in [-0.2, 0) is 0 Å². The molecule has 72 valence electrons. The van der Waals surface area contributed by atoms with Crippen LogP contribution in [0.25, 0.3) is 0 Å². The van der Waals surface area contributed by atoms with Crippen LogP contribution < -0.4 is 0 Å². The van der Waals surface area contributed by atoms with E-state index in [1.165, 1.54) is 18.4 Å². The van der Waals surface area contributed by atoms with Crippen LogP contribution >= 0.6 is 0 Å². The predicted molar refractivity (Wildman–Crippen MR) is 54.2 cm³/mol. The lowest BCUT2D eigenvalue weighted by atomic mass is 9.92. The summed E-state index contributed by atoms with van der Waals surface area (Å²) < 4.78 is 0. The molecule has 1 rings (SSSR count). The van der Waals surface area contributed by atoms with E-state index in [0.717, 1.165) is 19.6 Å². The molecule has 0 amide bonds. The highest BCUT2D eigenvalue weighted by atomic mass is 15.1. The maximum absolute atomic E-state index is 8.48. The summed E-state index contributed by atoms with van der Waals surface area (Å²) in [6.07, 6.45) is 3.18. The maximum Gasteiger partial charge on any atom is 0.0635 e. The van der Waals surface area contributed by atoms with Crippen LogP contribution in [0.5, 0.6) is 0 Å². The number of rotatable bonds is 3. The summed E-state index contributed by atoms with van der Waals surface area (Å²) in [5.41, 5.74) is 1.29. The second kappa shape index (κ2) is 5.04. The van der Waals surface area contributed by atoms with E-state index in [0.29, 0.717) is 12.3 Å². The van der Waals surface area contributed by atoms with Gasteiger partial charge in [0, 0.05) is 19.5 Å². The molecule has 13 heavy (non-hydrogen) atoms. The third-order valence-electron chi connectivity index (χ3n) is 2.74. The highest BCUT2D eigenvalue weighted by Gasteiger charge is 2.19. The normalized spacial score (nSPS) is 23.8. The highest BCUT2D eigenvalue weighted by Crippen LogP contribution is 2.21. The Morgan fingerprint density at radius 3 is 3.08 bits per heavy atom. The fourth-order valence-electron chi connectivity index (χ4n) is 1.87. The molecule has 0 aromatic carbocycles. The molecule has 0 bridgehead atoms. The lowest BCUT2D eigenvalue weighted by Gasteiger charge is -2.32. The van der Waals surface area contributed by atoms with Gasteiger partial charge in [0.15, 0.2) is 0 Å². The lowest BCUT2D eigenvalue weighted by Crippen LogP contribution is -2.36. The summed E-state index contributed by atoms with van der Waals surface area (Å²) in [4.78, 5) is 2.38. The molecule has 0 saturated carbocycles. The fraction of sp³-hybridized carbons (Fsp3) is 0.727. The van der Waals surface area contributed by atoms with Crippen molar-refractivity contribution in [3.8, 4) is 6.07 Å². The molecule has 0 aromatic heterocycles. The largest absolute Gasteiger partial charge is 0.302 e. The summed E-state index contributed by atoms with van der Waals surface area (Å²) in [5, 5.41) is 8.48. The van der Waals surface area contributed by atoms with E-state index in [1.807, 2.05) is 0 Å². The molecule has 0 spiro atoms. The molecule has 1 fully saturated rings. The number of nitriles is 1. The molecule has 0 radical (unpaired) electrons. The first-order valence-corrected chi connectivity index (χ1v) is 4.98. The Labute approximate surface area is 80.8 Å². The van der Waals surface area contributed by atoms with Gasteiger partial charge in [-0.2, -0.15) is 5.26 Å². The summed E-state index contributed by atoms with van der Waals surface area (Å²) in [5.74, 6) is 0.660.